The number of benzene rings is 4. The number of phenolic OH excluding ortho intramolecular Hbond substituents is 1. The van der Waals surface area contributed by atoms with Gasteiger partial charge in [0.1, 0.15) is 11.5 Å². The van der Waals surface area contributed by atoms with Crippen LogP contribution in [0.15, 0.2) is 121 Å². The Hall–Kier alpha value is -6.51. The number of carbonyl (C=O) groups is 5. The van der Waals surface area contributed by atoms with E-state index in [1.54, 1.807) is 72.8 Å². The Morgan fingerprint density at radius 3 is 2.23 bits per heavy atom. The van der Waals surface area contributed by atoms with Gasteiger partial charge in [-0.2, -0.15) is 18.2 Å². The van der Waals surface area contributed by atoms with Gasteiger partial charge in [0.25, 0.3) is 11.8 Å². The molecule has 4 aliphatic rings. The van der Waals surface area contributed by atoms with Gasteiger partial charge >= 0.3 is 6.18 Å². The Labute approximate surface area is 361 Å². The van der Waals surface area contributed by atoms with Gasteiger partial charge in [-0.3, -0.25) is 34.3 Å². The maximum Gasteiger partial charge on any atom is 0.417 e. The summed E-state index contributed by atoms with van der Waals surface area (Å²) >= 11 is 12.6. The summed E-state index contributed by atoms with van der Waals surface area (Å²) < 4.78 is 46.5. The number of ether oxygens (including phenoxy) is 1. The number of phenols is 1. The first-order valence-electron chi connectivity index (χ1n) is 19.4. The number of hydrogen-bond acceptors (Lipinski definition) is 9. The molecule has 3 fully saturated rings. The molecule has 0 radical (unpaired) electrons. The standard InChI is InChI=1S/C46H33Cl2F3N4O7/c1-62-35-9-5-8-34(56)37(35)38-29-18-19-30-36(43(60)54(41(30)58)28-16-10-24(11-17-28)39(57)23-6-3-2-4-7-23)31(29)21-32-42(59)55(44(61)45(32,38)25-12-14-27(47)15-13-25)53-40-33(48)20-26(22-52-40)46(49,50)51/h2-18,20,22,30-32,36,38,56H,19,21H2,1H3,(H,52,53)/t30-,31+,32-,36-,38+,45+/m0/s1. The Balaban J connectivity index is 1.17. The van der Waals surface area contributed by atoms with E-state index in [9.17, 15) is 32.7 Å². The molecule has 2 aliphatic carbocycles. The second-order valence-corrected chi connectivity index (χ2v) is 16.4. The Morgan fingerprint density at radius 1 is 0.871 bits per heavy atom. The number of anilines is 2. The lowest BCUT2D eigenvalue weighted by molar-refractivity contribution is -0.139. The van der Waals surface area contributed by atoms with E-state index in [2.05, 4.69) is 10.4 Å². The number of carbonyl (C=O) groups excluding carboxylic acids is 5. The smallest absolute Gasteiger partial charge is 0.417 e. The van der Waals surface area contributed by atoms with Crippen molar-refractivity contribution in [3.8, 4) is 11.5 Å². The lowest BCUT2D eigenvalue weighted by atomic mass is 9.49. The highest BCUT2D eigenvalue weighted by Gasteiger charge is 2.71. The zero-order chi connectivity index (χ0) is 43.8. The number of amides is 4. The highest BCUT2D eigenvalue weighted by molar-refractivity contribution is 6.33. The van der Waals surface area contributed by atoms with Crippen LogP contribution in [-0.4, -0.2) is 51.6 Å². The molecular weight excluding hydrogens is 848 g/mol. The zero-order valence-electron chi connectivity index (χ0n) is 32.4. The van der Waals surface area contributed by atoms with Crippen LogP contribution >= 0.6 is 23.2 Å². The van der Waals surface area contributed by atoms with Crippen molar-refractivity contribution in [2.75, 3.05) is 17.4 Å². The van der Waals surface area contributed by atoms with Crippen molar-refractivity contribution in [2.24, 2.45) is 23.7 Å². The number of aromatic hydroxyl groups is 1. The molecular formula is C46H33Cl2F3N4O7. The second-order valence-electron chi connectivity index (χ2n) is 15.6. The summed E-state index contributed by atoms with van der Waals surface area (Å²) in [6.07, 6.45) is -2.57. The second kappa shape index (κ2) is 15.1. The van der Waals surface area contributed by atoms with Crippen LogP contribution < -0.4 is 15.1 Å². The van der Waals surface area contributed by atoms with Crippen molar-refractivity contribution < 1.29 is 47.0 Å². The lowest BCUT2D eigenvalue weighted by Crippen LogP contribution is -2.53. The molecule has 6 atom stereocenters. The van der Waals surface area contributed by atoms with Crippen molar-refractivity contribution in [1.82, 2.24) is 9.99 Å². The number of rotatable bonds is 8. The van der Waals surface area contributed by atoms with Gasteiger partial charge in [0.2, 0.25) is 11.8 Å². The third-order valence-electron chi connectivity index (χ3n) is 12.5. The summed E-state index contributed by atoms with van der Waals surface area (Å²) in [6, 6.07) is 26.2. The van der Waals surface area contributed by atoms with Crippen molar-refractivity contribution in [2.45, 2.75) is 30.4 Å². The molecule has 5 aromatic rings. The molecule has 314 valence electrons. The number of ketones is 1. The highest BCUT2D eigenvalue weighted by atomic mass is 35.5. The zero-order valence-corrected chi connectivity index (χ0v) is 33.9. The topological polar surface area (TPSA) is 146 Å². The summed E-state index contributed by atoms with van der Waals surface area (Å²) in [5, 5.41) is 12.2. The number of hydrazine groups is 1. The number of aromatic nitrogens is 1. The number of hydrogen-bond donors (Lipinski definition) is 2. The fourth-order valence-corrected chi connectivity index (χ4v) is 10.2. The molecule has 0 bridgehead atoms. The molecule has 9 rings (SSSR count). The van der Waals surface area contributed by atoms with Gasteiger partial charge in [-0.05, 0) is 78.9 Å². The van der Waals surface area contributed by atoms with E-state index >= 15 is 9.59 Å². The molecule has 2 saturated heterocycles. The minimum Gasteiger partial charge on any atom is -0.508 e. The number of pyridine rings is 1. The van der Waals surface area contributed by atoms with Crippen LogP contribution in [0.2, 0.25) is 10.0 Å². The Morgan fingerprint density at radius 2 is 1.56 bits per heavy atom. The largest absolute Gasteiger partial charge is 0.508 e. The van der Waals surface area contributed by atoms with Gasteiger partial charge in [0.15, 0.2) is 11.6 Å². The molecule has 16 heteroatoms. The van der Waals surface area contributed by atoms with Crippen molar-refractivity contribution in [3.63, 3.8) is 0 Å². The van der Waals surface area contributed by atoms with Gasteiger partial charge in [-0.1, -0.05) is 83.4 Å². The van der Waals surface area contributed by atoms with Gasteiger partial charge in [0.05, 0.1) is 46.6 Å². The number of nitrogens with one attached hydrogen (secondary N) is 1. The molecule has 0 unspecified atom stereocenters. The van der Waals surface area contributed by atoms with E-state index in [4.69, 9.17) is 27.9 Å². The predicted octanol–water partition coefficient (Wildman–Crippen LogP) is 8.54. The summed E-state index contributed by atoms with van der Waals surface area (Å²) in [5.41, 5.74) is 1.52. The van der Waals surface area contributed by atoms with Crippen LogP contribution in [0.4, 0.5) is 24.7 Å². The summed E-state index contributed by atoms with van der Waals surface area (Å²) in [6.45, 7) is 0. The first kappa shape index (κ1) is 40.9. The van der Waals surface area contributed by atoms with Crippen LogP contribution in [0.3, 0.4) is 0 Å². The summed E-state index contributed by atoms with van der Waals surface area (Å²) in [5.74, 6) is -8.77. The van der Waals surface area contributed by atoms with E-state index in [1.165, 1.54) is 37.4 Å². The van der Waals surface area contributed by atoms with E-state index in [-0.39, 0.29) is 41.4 Å². The van der Waals surface area contributed by atoms with E-state index < -0.39 is 81.2 Å². The number of allylic oxidation sites excluding steroid dienone is 2. The Kier molecular flexibility index (Phi) is 9.98. The molecule has 4 amide bonds. The van der Waals surface area contributed by atoms with Crippen LogP contribution in [0.25, 0.3) is 0 Å². The molecule has 2 N–H and O–H groups in total. The van der Waals surface area contributed by atoms with Crippen LogP contribution in [0.1, 0.15) is 51.4 Å². The van der Waals surface area contributed by atoms with Crippen molar-refractivity contribution in [3.05, 3.63) is 159 Å². The average molecular weight is 882 g/mol. The van der Waals surface area contributed by atoms with E-state index in [1.807, 2.05) is 0 Å². The highest BCUT2D eigenvalue weighted by Crippen LogP contribution is 2.66. The molecule has 1 saturated carbocycles. The lowest BCUT2D eigenvalue weighted by Gasteiger charge is -2.50. The monoisotopic (exact) mass is 880 g/mol. The molecule has 62 heavy (non-hydrogen) atoms. The predicted molar refractivity (Wildman–Crippen MR) is 220 cm³/mol. The van der Waals surface area contributed by atoms with Gasteiger partial charge in [-0.15, -0.1) is 0 Å². The number of methoxy groups -OCH3 is 1. The fraction of sp³-hybridized carbons (Fsp3) is 0.217. The normalized spacial score (nSPS) is 24.4. The number of nitrogens with zero attached hydrogens (tertiary/aromatic N) is 3. The first-order chi connectivity index (χ1) is 29.7. The molecule has 2 aliphatic heterocycles. The minimum absolute atomic E-state index is 0.0606. The maximum absolute atomic E-state index is 15.5. The third kappa shape index (κ3) is 6.26. The van der Waals surface area contributed by atoms with E-state index in [0.29, 0.717) is 44.6 Å². The SMILES string of the molecule is COc1cccc(O)c1[C@H]1C2=CC[C@@H]3C(=O)N(c4ccc(C(=O)c5ccccc5)cc4)C(=O)[C@@H]3[C@@H]2C[C@H]2C(=O)N(Nc3ncc(C(F)(F)F)cc3Cl)C(=O)[C@@]12c1ccc(Cl)cc1. The van der Waals surface area contributed by atoms with Gasteiger partial charge < -0.3 is 9.84 Å². The van der Waals surface area contributed by atoms with Gasteiger partial charge in [-0.25, -0.2) is 4.98 Å². The number of fused-ring (bicyclic) bond motifs is 4. The van der Waals surface area contributed by atoms with Crippen LogP contribution in [0, 0.1) is 23.7 Å². The van der Waals surface area contributed by atoms with Crippen LogP contribution in [0.5, 0.6) is 11.5 Å². The summed E-state index contributed by atoms with van der Waals surface area (Å²) in [4.78, 5) is 77.7. The van der Waals surface area contributed by atoms with Crippen molar-refractivity contribution in [1.29, 1.82) is 0 Å². The summed E-state index contributed by atoms with van der Waals surface area (Å²) in [7, 11) is 1.37. The average Bonchev–Trinajstić information content (AvgIpc) is 3.64. The van der Waals surface area contributed by atoms with Crippen molar-refractivity contribution >= 4 is 64.1 Å². The minimum atomic E-state index is -4.78. The molecule has 0 spiro atoms. The molecule has 4 aromatic carbocycles. The van der Waals surface area contributed by atoms with Gasteiger partial charge in [0, 0.05) is 33.8 Å². The van der Waals surface area contributed by atoms with Crippen LogP contribution in [-0.2, 0) is 30.8 Å². The number of imide groups is 2. The third-order valence-corrected chi connectivity index (χ3v) is 13.1. The first-order valence-corrected chi connectivity index (χ1v) is 20.2. The maximum atomic E-state index is 15.5. The quantitative estimate of drug-likeness (QED) is 0.0890. The Bertz CT molecular complexity index is 2730. The number of halogens is 5. The fourth-order valence-electron chi connectivity index (χ4n) is 9.87. The molecule has 3 heterocycles. The number of alkyl halides is 3. The van der Waals surface area contributed by atoms with E-state index in [0.717, 1.165) is 4.90 Å². The molecule has 11 nitrogen and oxygen atoms in total. The molecule has 1 aromatic heterocycles.